The van der Waals surface area contributed by atoms with E-state index < -0.39 is 0 Å². The third kappa shape index (κ3) is 3.24. The van der Waals surface area contributed by atoms with Crippen LogP contribution in [0.5, 0.6) is 0 Å². The first-order valence-corrected chi connectivity index (χ1v) is 8.53. The summed E-state index contributed by atoms with van der Waals surface area (Å²) in [7, 11) is 0. The third-order valence-corrected chi connectivity index (χ3v) is 5.31. The Hall–Kier alpha value is -1.27. The molecule has 0 radical (unpaired) electrons. The summed E-state index contributed by atoms with van der Waals surface area (Å²) in [6, 6.07) is 10.0. The molecule has 0 N–H and O–H groups in total. The molecule has 0 spiro atoms. The molecular weight excluding hydrogens is 290 g/mol. The van der Waals surface area contributed by atoms with Crippen LogP contribution in [-0.2, 0) is 4.79 Å². The van der Waals surface area contributed by atoms with E-state index in [0.29, 0.717) is 12.3 Å². The summed E-state index contributed by atoms with van der Waals surface area (Å²) < 4.78 is 1.03. The Balaban J connectivity index is 1.58. The fraction of sp³-hybridized carbons (Fsp3) is 0.357. The van der Waals surface area contributed by atoms with Gasteiger partial charge in [0.2, 0.25) is 0 Å². The van der Waals surface area contributed by atoms with Gasteiger partial charge in [-0.2, -0.15) is 5.10 Å². The second-order valence-corrected chi connectivity index (χ2v) is 6.77. The fourth-order valence-corrected chi connectivity index (χ4v) is 3.95. The summed E-state index contributed by atoms with van der Waals surface area (Å²) in [5.41, 5.74) is 2.10. The van der Waals surface area contributed by atoms with Crippen LogP contribution >= 0.6 is 23.5 Å². The minimum atomic E-state index is 0.0659. The van der Waals surface area contributed by atoms with Crippen LogP contribution < -0.4 is 0 Å². The van der Waals surface area contributed by atoms with Gasteiger partial charge in [0.15, 0.2) is 0 Å². The van der Waals surface area contributed by atoms with Gasteiger partial charge in [0.1, 0.15) is 4.38 Å². The monoisotopic (exact) mass is 305 g/mol. The second kappa shape index (κ2) is 6.45. The molecule has 2 aliphatic heterocycles. The number of rotatable bonds is 3. The zero-order chi connectivity index (χ0) is 13.8. The molecular formula is C14H15N3OS2. The van der Waals surface area contributed by atoms with Crippen molar-refractivity contribution in [2.75, 3.05) is 24.6 Å². The number of thioether (sulfide) groups is 2. The molecule has 0 aromatic heterocycles. The molecule has 0 atom stereocenters. The van der Waals surface area contributed by atoms with Gasteiger partial charge in [0.05, 0.1) is 24.6 Å². The van der Waals surface area contributed by atoms with Gasteiger partial charge in [-0.05, 0) is 5.56 Å². The van der Waals surface area contributed by atoms with E-state index in [1.165, 1.54) is 11.8 Å². The SMILES string of the molecule is O=C(CSC1=NCCS1)N1CCC(c2ccccc2)=N1. The van der Waals surface area contributed by atoms with Gasteiger partial charge in [0, 0.05) is 12.2 Å². The standard InChI is InChI=1S/C14H15N3OS2/c18-13(10-20-14-15-7-9-19-14)17-8-6-12(16-17)11-4-2-1-3-5-11/h1-5H,6-10H2. The predicted molar refractivity (Wildman–Crippen MR) is 86.5 cm³/mol. The average molecular weight is 305 g/mol. The molecule has 0 unspecified atom stereocenters. The summed E-state index contributed by atoms with van der Waals surface area (Å²) >= 11 is 3.26. The van der Waals surface area contributed by atoms with Crippen LogP contribution in [0.1, 0.15) is 12.0 Å². The lowest BCUT2D eigenvalue weighted by Gasteiger charge is -2.10. The lowest BCUT2D eigenvalue weighted by molar-refractivity contribution is -0.127. The van der Waals surface area contributed by atoms with Gasteiger partial charge in [0.25, 0.3) is 5.91 Å². The van der Waals surface area contributed by atoms with Crippen LogP contribution in [0, 0.1) is 0 Å². The zero-order valence-corrected chi connectivity index (χ0v) is 12.6. The number of hydrazone groups is 1. The fourth-order valence-electron chi connectivity index (χ4n) is 2.07. The Morgan fingerprint density at radius 3 is 2.95 bits per heavy atom. The van der Waals surface area contributed by atoms with Gasteiger partial charge >= 0.3 is 0 Å². The third-order valence-electron chi connectivity index (χ3n) is 3.07. The maximum absolute atomic E-state index is 12.1. The van der Waals surface area contributed by atoms with E-state index in [0.717, 1.165) is 34.4 Å². The van der Waals surface area contributed by atoms with Crippen LogP contribution in [0.25, 0.3) is 0 Å². The molecule has 1 aromatic carbocycles. The number of nitrogens with zero attached hydrogens (tertiary/aromatic N) is 3. The van der Waals surface area contributed by atoms with E-state index in [4.69, 9.17) is 0 Å². The predicted octanol–water partition coefficient (Wildman–Crippen LogP) is 2.46. The maximum Gasteiger partial charge on any atom is 0.253 e. The highest BCUT2D eigenvalue weighted by Crippen LogP contribution is 2.23. The van der Waals surface area contributed by atoms with E-state index in [-0.39, 0.29) is 5.91 Å². The molecule has 20 heavy (non-hydrogen) atoms. The molecule has 0 saturated carbocycles. The Bertz CT molecular complexity index is 557. The van der Waals surface area contributed by atoms with Gasteiger partial charge in [-0.25, -0.2) is 5.01 Å². The highest BCUT2D eigenvalue weighted by Gasteiger charge is 2.22. The molecule has 1 aromatic rings. The van der Waals surface area contributed by atoms with Crippen LogP contribution in [-0.4, -0.2) is 45.6 Å². The van der Waals surface area contributed by atoms with E-state index >= 15 is 0 Å². The first-order valence-electron chi connectivity index (χ1n) is 6.56. The Morgan fingerprint density at radius 2 is 2.20 bits per heavy atom. The Kier molecular flexibility index (Phi) is 4.42. The van der Waals surface area contributed by atoms with Crippen molar-refractivity contribution >= 4 is 39.5 Å². The lowest BCUT2D eigenvalue weighted by atomic mass is 10.1. The van der Waals surface area contributed by atoms with Gasteiger partial charge in [-0.15, -0.1) is 0 Å². The van der Waals surface area contributed by atoms with Crippen molar-refractivity contribution < 1.29 is 4.79 Å². The van der Waals surface area contributed by atoms with Crippen LogP contribution in [0.2, 0.25) is 0 Å². The van der Waals surface area contributed by atoms with Crippen LogP contribution in [0.4, 0.5) is 0 Å². The number of carbonyl (C=O) groups is 1. The quantitative estimate of drug-likeness (QED) is 0.861. The normalized spacial score (nSPS) is 18.1. The van der Waals surface area contributed by atoms with Crippen molar-refractivity contribution in [3.63, 3.8) is 0 Å². The number of carbonyl (C=O) groups excluding carboxylic acids is 1. The van der Waals surface area contributed by atoms with Crippen LogP contribution in [0.3, 0.4) is 0 Å². The van der Waals surface area contributed by atoms with Crippen molar-refractivity contribution in [2.24, 2.45) is 10.1 Å². The molecule has 1 amide bonds. The van der Waals surface area contributed by atoms with E-state index in [1.54, 1.807) is 16.8 Å². The van der Waals surface area contributed by atoms with Crippen molar-refractivity contribution in [2.45, 2.75) is 6.42 Å². The lowest BCUT2D eigenvalue weighted by Crippen LogP contribution is -2.25. The summed E-state index contributed by atoms with van der Waals surface area (Å²) in [5.74, 6) is 1.53. The van der Waals surface area contributed by atoms with Crippen LogP contribution in [0.15, 0.2) is 40.4 Å². The number of benzene rings is 1. The van der Waals surface area contributed by atoms with E-state index in [9.17, 15) is 4.79 Å². The van der Waals surface area contributed by atoms with Crippen molar-refractivity contribution in [3.05, 3.63) is 35.9 Å². The second-order valence-electron chi connectivity index (χ2n) is 4.46. The van der Waals surface area contributed by atoms with Crippen molar-refractivity contribution in [1.29, 1.82) is 0 Å². The van der Waals surface area contributed by atoms with E-state index in [2.05, 4.69) is 10.1 Å². The summed E-state index contributed by atoms with van der Waals surface area (Å²) in [5, 5.41) is 6.04. The summed E-state index contributed by atoms with van der Waals surface area (Å²) in [4.78, 5) is 16.4. The molecule has 0 saturated heterocycles. The minimum absolute atomic E-state index is 0.0659. The van der Waals surface area contributed by atoms with Crippen molar-refractivity contribution in [1.82, 2.24) is 5.01 Å². The molecule has 4 nitrogen and oxygen atoms in total. The number of amides is 1. The van der Waals surface area contributed by atoms with Gasteiger partial charge in [-0.3, -0.25) is 9.79 Å². The highest BCUT2D eigenvalue weighted by atomic mass is 32.2. The largest absolute Gasteiger partial charge is 0.272 e. The average Bonchev–Trinajstić information content (AvgIpc) is 3.17. The molecule has 2 heterocycles. The Morgan fingerprint density at radius 1 is 1.35 bits per heavy atom. The first kappa shape index (κ1) is 13.7. The molecule has 0 fully saturated rings. The number of hydrogen-bond acceptors (Lipinski definition) is 5. The Labute approximate surface area is 126 Å². The molecule has 0 bridgehead atoms. The number of hydrogen-bond donors (Lipinski definition) is 0. The molecule has 2 aliphatic rings. The maximum atomic E-state index is 12.1. The van der Waals surface area contributed by atoms with Gasteiger partial charge in [-0.1, -0.05) is 53.9 Å². The van der Waals surface area contributed by atoms with Gasteiger partial charge < -0.3 is 0 Å². The topological polar surface area (TPSA) is 45.0 Å². The molecule has 0 aliphatic carbocycles. The summed E-state index contributed by atoms with van der Waals surface area (Å²) in [6.45, 7) is 1.56. The minimum Gasteiger partial charge on any atom is -0.272 e. The van der Waals surface area contributed by atoms with Crippen molar-refractivity contribution in [3.8, 4) is 0 Å². The smallest absolute Gasteiger partial charge is 0.253 e. The highest BCUT2D eigenvalue weighted by molar-refractivity contribution is 8.39. The summed E-state index contributed by atoms with van der Waals surface area (Å²) in [6.07, 6.45) is 0.829. The first-order chi connectivity index (χ1) is 9.83. The zero-order valence-electron chi connectivity index (χ0n) is 11.0. The molecule has 3 rings (SSSR count). The van der Waals surface area contributed by atoms with E-state index in [1.807, 2.05) is 30.3 Å². The molecule has 104 valence electrons. The number of aliphatic imine (C=N–C) groups is 1. The molecule has 6 heteroatoms.